The van der Waals surface area contributed by atoms with E-state index in [9.17, 15) is 10.2 Å². The van der Waals surface area contributed by atoms with Gasteiger partial charge in [-0.05, 0) is 59.1 Å². The Morgan fingerprint density at radius 2 is 1.15 bits per heavy atom. The van der Waals surface area contributed by atoms with Crippen molar-refractivity contribution in [2.75, 3.05) is 0 Å². The molecule has 0 saturated heterocycles. The summed E-state index contributed by atoms with van der Waals surface area (Å²) in [7, 11) is 0. The average Bonchev–Trinajstić information content (AvgIpc) is 3.03. The van der Waals surface area contributed by atoms with Crippen molar-refractivity contribution in [2.45, 2.75) is 37.9 Å². The van der Waals surface area contributed by atoms with E-state index in [0.717, 1.165) is 36.8 Å². The Morgan fingerprint density at radius 3 is 1.60 bits per heavy atom. The van der Waals surface area contributed by atoms with Crippen LogP contribution in [-0.2, 0) is 12.8 Å². The van der Waals surface area contributed by atoms with Gasteiger partial charge >= 0.3 is 0 Å². The molecule has 20 heavy (non-hydrogen) atoms. The molecule has 0 aromatic heterocycles. The van der Waals surface area contributed by atoms with Crippen molar-refractivity contribution in [2.24, 2.45) is 0 Å². The molecule has 2 nitrogen and oxygen atoms in total. The minimum absolute atomic E-state index is 0.313. The number of hydrogen-bond acceptors (Lipinski definition) is 2. The lowest BCUT2D eigenvalue weighted by Crippen LogP contribution is -1.95. The molecule has 2 aliphatic rings. The van der Waals surface area contributed by atoms with Gasteiger partial charge in [-0.2, -0.15) is 0 Å². The molecule has 4 rings (SSSR count). The Bertz CT molecular complexity index is 616. The number of fused-ring (bicyclic) bond motifs is 2. The Labute approximate surface area is 118 Å². The zero-order chi connectivity index (χ0) is 13.7. The monoisotopic (exact) mass is 266 g/mol. The SMILES string of the molecule is OC1CCc2c(-c3cccc4c3CCC4O)cccc21. The maximum Gasteiger partial charge on any atom is 0.0796 e. The first-order chi connectivity index (χ1) is 9.75. The maximum atomic E-state index is 10.0. The van der Waals surface area contributed by atoms with Gasteiger partial charge in [0.1, 0.15) is 0 Å². The largest absolute Gasteiger partial charge is 0.388 e. The molecule has 0 aliphatic heterocycles. The third-order valence-electron chi connectivity index (χ3n) is 4.77. The Kier molecular flexibility index (Phi) is 2.69. The van der Waals surface area contributed by atoms with E-state index >= 15 is 0 Å². The smallest absolute Gasteiger partial charge is 0.0796 e. The molecule has 2 unspecified atom stereocenters. The van der Waals surface area contributed by atoms with Gasteiger partial charge in [0.05, 0.1) is 12.2 Å². The quantitative estimate of drug-likeness (QED) is 0.831. The lowest BCUT2D eigenvalue weighted by Gasteiger charge is -2.14. The fourth-order valence-electron chi connectivity index (χ4n) is 3.77. The molecule has 0 saturated carbocycles. The van der Waals surface area contributed by atoms with Crippen LogP contribution in [0.5, 0.6) is 0 Å². The Balaban J connectivity index is 1.92. The first kappa shape index (κ1) is 12.1. The van der Waals surface area contributed by atoms with Crippen LogP contribution in [0.2, 0.25) is 0 Å². The molecule has 2 N–H and O–H groups in total. The number of benzene rings is 2. The van der Waals surface area contributed by atoms with Gasteiger partial charge in [-0.3, -0.25) is 0 Å². The van der Waals surface area contributed by atoms with Crippen molar-refractivity contribution in [1.82, 2.24) is 0 Å². The second kappa shape index (κ2) is 4.44. The Hall–Kier alpha value is -1.64. The van der Waals surface area contributed by atoms with Crippen LogP contribution in [-0.4, -0.2) is 10.2 Å². The summed E-state index contributed by atoms with van der Waals surface area (Å²) < 4.78 is 0. The highest BCUT2D eigenvalue weighted by Gasteiger charge is 2.27. The molecule has 2 atom stereocenters. The van der Waals surface area contributed by atoms with Crippen LogP contribution in [0.15, 0.2) is 36.4 Å². The normalized spacial score (nSPS) is 23.7. The van der Waals surface area contributed by atoms with Crippen LogP contribution in [0.25, 0.3) is 11.1 Å². The molecule has 0 radical (unpaired) electrons. The van der Waals surface area contributed by atoms with Crippen LogP contribution in [0.4, 0.5) is 0 Å². The van der Waals surface area contributed by atoms with E-state index in [1.165, 1.54) is 22.3 Å². The van der Waals surface area contributed by atoms with Crippen molar-refractivity contribution in [3.8, 4) is 11.1 Å². The predicted molar refractivity (Wildman–Crippen MR) is 78.4 cm³/mol. The van der Waals surface area contributed by atoms with Gasteiger partial charge in [0.15, 0.2) is 0 Å². The first-order valence-electron chi connectivity index (χ1n) is 7.36. The Morgan fingerprint density at radius 1 is 0.700 bits per heavy atom. The number of aliphatic hydroxyl groups is 2. The van der Waals surface area contributed by atoms with Gasteiger partial charge in [0, 0.05) is 0 Å². The third kappa shape index (κ3) is 1.65. The van der Waals surface area contributed by atoms with Gasteiger partial charge in [0.2, 0.25) is 0 Å². The topological polar surface area (TPSA) is 40.5 Å². The van der Waals surface area contributed by atoms with Crippen LogP contribution in [0, 0.1) is 0 Å². The van der Waals surface area contributed by atoms with Gasteiger partial charge in [0.25, 0.3) is 0 Å². The van der Waals surface area contributed by atoms with Crippen LogP contribution in [0.1, 0.15) is 47.3 Å². The number of aliphatic hydroxyl groups excluding tert-OH is 2. The average molecular weight is 266 g/mol. The first-order valence-corrected chi connectivity index (χ1v) is 7.36. The molecule has 0 bridgehead atoms. The van der Waals surface area contributed by atoms with Gasteiger partial charge in [-0.15, -0.1) is 0 Å². The van der Waals surface area contributed by atoms with Crippen LogP contribution < -0.4 is 0 Å². The van der Waals surface area contributed by atoms with E-state index in [0.29, 0.717) is 0 Å². The van der Waals surface area contributed by atoms with Crippen molar-refractivity contribution >= 4 is 0 Å². The zero-order valence-electron chi connectivity index (χ0n) is 11.3. The molecule has 2 aliphatic carbocycles. The molecule has 2 heteroatoms. The van der Waals surface area contributed by atoms with Crippen LogP contribution in [0.3, 0.4) is 0 Å². The molecule has 2 aromatic rings. The lowest BCUT2D eigenvalue weighted by molar-refractivity contribution is 0.179. The molecule has 0 amide bonds. The standard InChI is InChI=1S/C18H18O2/c19-17-9-7-13-11(3-1-5-15(13)17)12-4-2-6-16-14(12)8-10-18(16)20/h1-6,17-20H,7-10H2. The van der Waals surface area contributed by atoms with Gasteiger partial charge in [-0.1, -0.05) is 36.4 Å². The maximum absolute atomic E-state index is 10.0. The molecular formula is C18H18O2. The molecule has 2 aromatic carbocycles. The van der Waals surface area contributed by atoms with Crippen molar-refractivity contribution in [3.63, 3.8) is 0 Å². The number of rotatable bonds is 1. The minimum atomic E-state index is -0.313. The highest BCUT2D eigenvalue weighted by atomic mass is 16.3. The van der Waals surface area contributed by atoms with Crippen molar-refractivity contribution in [3.05, 3.63) is 58.7 Å². The van der Waals surface area contributed by atoms with Crippen molar-refractivity contribution < 1.29 is 10.2 Å². The fourth-order valence-corrected chi connectivity index (χ4v) is 3.77. The van der Waals surface area contributed by atoms with Crippen molar-refractivity contribution in [1.29, 1.82) is 0 Å². The molecule has 0 fully saturated rings. The fraction of sp³-hybridized carbons (Fsp3) is 0.333. The van der Waals surface area contributed by atoms with E-state index < -0.39 is 0 Å². The van der Waals surface area contributed by atoms with Gasteiger partial charge < -0.3 is 10.2 Å². The van der Waals surface area contributed by atoms with E-state index in [-0.39, 0.29) is 12.2 Å². The number of hydrogen-bond donors (Lipinski definition) is 2. The van der Waals surface area contributed by atoms with Gasteiger partial charge in [-0.25, -0.2) is 0 Å². The summed E-state index contributed by atoms with van der Waals surface area (Å²) in [6.07, 6.45) is 2.91. The zero-order valence-corrected chi connectivity index (χ0v) is 11.3. The molecular weight excluding hydrogens is 248 g/mol. The summed E-state index contributed by atoms with van der Waals surface area (Å²) in [5.41, 5.74) is 7.22. The summed E-state index contributed by atoms with van der Waals surface area (Å²) >= 11 is 0. The second-order valence-electron chi connectivity index (χ2n) is 5.86. The van der Waals surface area contributed by atoms with E-state index in [2.05, 4.69) is 12.1 Å². The van der Waals surface area contributed by atoms with E-state index in [4.69, 9.17) is 0 Å². The molecule has 102 valence electrons. The minimum Gasteiger partial charge on any atom is -0.388 e. The predicted octanol–water partition coefficient (Wildman–Crippen LogP) is 3.31. The molecule has 0 spiro atoms. The summed E-state index contributed by atoms with van der Waals surface area (Å²) in [4.78, 5) is 0. The summed E-state index contributed by atoms with van der Waals surface area (Å²) in [6, 6.07) is 12.4. The highest BCUT2D eigenvalue weighted by molar-refractivity contribution is 5.74. The van der Waals surface area contributed by atoms with E-state index in [1.807, 2.05) is 24.3 Å². The lowest BCUT2D eigenvalue weighted by atomic mass is 9.91. The van der Waals surface area contributed by atoms with E-state index in [1.54, 1.807) is 0 Å². The van der Waals surface area contributed by atoms with Crippen LogP contribution >= 0.6 is 0 Å². The summed E-state index contributed by atoms with van der Waals surface area (Å²) in [5.74, 6) is 0. The second-order valence-corrected chi connectivity index (χ2v) is 5.86. The third-order valence-corrected chi connectivity index (χ3v) is 4.77. The summed E-state index contributed by atoms with van der Waals surface area (Å²) in [5, 5.41) is 20.1. The summed E-state index contributed by atoms with van der Waals surface area (Å²) in [6.45, 7) is 0. The highest BCUT2D eigenvalue weighted by Crippen LogP contribution is 2.42. The molecule has 0 heterocycles.